The van der Waals surface area contributed by atoms with Crippen molar-refractivity contribution in [2.75, 3.05) is 31.6 Å². The van der Waals surface area contributed by atoms with Crippen molar-refractivity contribution in [3.63, 3.8) is 0 Å². The molecular weight excluding hydrogens is 398 g/mol. The van der Waals surface area contributed by atoms with Crippen molar-refractivity contribution < 1.29 is 19.1 Å². The SMILES string of the molecule is COC(=O)C[C@@H]1C[C@@H](CNC2CCN(c3ccc(C(N)=NC(C)=O)cc3)CC2)NC1=O. The molecular formula is C22H31N5O4. The molecule has 0 spiro atoms. The molecule has 2 saturated heterocycles. The van der Waals surface area contributed by atoms with Crippen LogP contribution in [-0.2, 0) is 19.1 Å². The van der Waals surface area contributed by atoms with Crippen molar-refractivity contribution in [1.29, 1.82) is 0 Å². The average molecular weight is 430 g/mol. The summed E-state index contributed by atoms with van der Waals surface area (Å²) in [7, 11) is 1.34. The highest BCUT2D eigenvalue weighted by molar-refractivity contribution is 6.03. The lowest BCUT2D eigenvalue weighted by molar-refractivity contribution is -0.143. The number of rotatable bonds is 7. The minimum Gasteiger partial charge on any atom is -0.469 e. The highest BCUT2D eigenvalue weighted by Crippen LogP contribution is 2.22. The Kier molecular flexibility index (Phi) is 7.62. The van der Waals surface area contributed by atoms with Gasteiger partial charge in [-0.15, -0.1) is 0 Å². The van der Waals surface area contributed by atoms with E-state index >= 15 is 0 Å². The summed E-state index contributed by atoms with van der Waals surface area (Å²) in [6.07, 6.45) is 2.80. The maximum absolute atomic E-state index is 12.0. The molecule has 2 heterocycles. The molecule has 0 aromatic heterocycles. The van der Waals surface area contributed by atoms with Crippen LogP contribution in [0, 0.1) is 5.92 Å². The van der Waals surface area contributed by atoms with Crippen molar-refractivity contribution in [3.05, 3.63) is 29.8 Å². The Morgan fingerprint density at radius 3 is 2.55 bits per heavy atom. The largest absolute Gasteiger partial charge is 0.469 e. The minimum absolute atomic E-state index is 0.0508. The number of methoxy groups -OCH3 is 1. The van der Waals surface area contributed by atoms with Gasteiger partial charge in [-0.25, -0.2) is 0 Å². The molecule has 0 unspecified atom stereocenters. The maximum atomic E-state index is 12.0. The third-order valence-electron chi connectivity index (χ3n) is 5.88. The minimum atomic E-state index is -0.344. The first-order valence-electron chi connectivity index (χ1n) is 10.7. The molecule has 4 N–H and O–H groups in total. The van der Waals surface area contributed by atoms with Gasteiger partial charge in [0.25, 0.3) is 0 Å². The van der Waals surface area contributed by atoms with Gasteiger partial charge in [0.1, 0.15) is 5.84 Å². The van der Waals surface area contributed by atoms with E-state index in [-0.39, 0.29) is 42.0 Å². The molecule has 0 saturated carbocycles. The number of hydrogen-bond acceptors (Lipinski definition) is 6. The first-order valence-corrected chi connectivity index (χ1v) is 10.7. The van der Waals surface area contributed by atoms with Gasteiger partial charge in [0.15, 0.2) is 0 Å². The molecule has 0 radical (unpaired) electrons. The Labute approximate surface area is 182 Å². The number of amides is 2. The van der Waals surface area contributed by atoms with Crippen LogP contribution in [0.1, 0.15) is 38.2 Å². The Balaban J connectivity index is 1.42. The molecule has 0 bridgehead atoms. The summed E-state index contributed by atoms with van der Waals surface area (Å²) in [4.78, 5) is 40.6. The van der Waals surface area contributed by atoms with Gasteiger partial charge >= 0.3 is 5.97 Å². The maximum Gasteiger partial charge on any atom is 0.306 e. The summed E-state index contributed by atoms with van der Waals surface area (Å²) in [6, 6.07) is 8.21. The van der Waals surface area contributed by atoms with Crippen LogP contribution >= 0.6 is 0 Å². The zero-order chi connectivity index (χ0) is 22.4. The van der Waals surface area contributed by atoms with Gasteiger partial charge in [-0.05, 0) is 43.5 Å². The summed E-state index contributed by atoms with van der Waals surface area (Å²) < 4.78 is 4.67. The second-order valence-corrected chi connectivity index (χ2v) is 8.15. The standard InChI is InChI=1S/C22H31N5O4/c1-14(28)25-21(23)15-3-5-19(6-4-15)27-9-7-17(8-10-27)24-13-18-11-16(22(30)26-18)12-20(29)31-2/h3-6,16-18,24H,7-13H2,1-2H3,(H,26,30)(H2,23,25,28)/t16-,18-/m0/s1. The number of benzene rings is 1. The number of carbonyl (C=O) groups excluding carboxylic acids is 3. The second-order valence-electron chi connectivity index (χ2n) is 8.15. The number of nitrogens with two attached hydrogens (primary N) is 1. The van der Waals surface area contributed by atoms with E-state index in [2.05, 4.69) is 25.3 Å². The number of nitrogens with zero attached hydrogens (tertiary/aromatic N) is 2. The molecule has 9 heteroatoms. The lowest BCUT2D eigenvalue weighted by Gasteiger charge is -2.34. The highest BCUT2D eigenvalue weighted by Gasteiger charge is 2.34. The fourth-order valence-corrected chi connectivity index (χ4v) is 4.15. The number of carbonyl (C=O) groups is 3. The third-order valence-corrected chi connectivity index (χ3v) is 5.88. The molecule has 3 rings (SSSR count). The zero-order valence-electron chi connectivity index (χ0n) is 18.1. The topological polar surface area (TPSA) is 126 Å². The highest BCUT2D eigenvalue weighted by atomic mass is 16.5. The van der Waals surface area contributed by atoms with Crippen molar-refractivity contribution in [2.45, 2.75) is 44.7 Å². The molecule has 2 aliphatic rings. The lowest BCUT2D eigenvalue weighted by Crippen LogP contribution is -2.46. The number of hydrogen-bond donors (Lipinski definition) is 3. The van der Waals surface area contributed by atoms with E-state index < -0.39 is 0 Å². The molecule has 9 nitrogen and oxygen atoms in total. The summed E-state index contributed by atoms with van der Waals surface area (Å²) in [5, 5.41) is 6.54. The smallest absolute Gasteiger partial charge is 0.306 e. The monoisotopic (exact) mass is 429 g/mol. The van der Waals surface area contributed by atoms with Crippen LogP contribution in [0.5, 0.6) is 0 Å². The predicted molar refractivity (Wildman–Crippen MR) is 118 cm³/mol. The number of ether oxygens (including phenoxy) is 1. The summed E-state index contributed by atoms with van der Waals surface area (Å²) >= 11 is 0. The molecule has 168 valence electrons. The molecule has 31 heavy (non-hydrogen) atoms. The van der Waals surface area contributed by atoms with E-state index in [0.29, 0.717) is 19.0 Å². The fourth-order valence-electron chi connectivity index (χ4n) is 4.15. The number of aliphatic imine (C=N–C) groups is 1. The number of anilines is 1. The fraction of sp³-hybridized carbons (Fsp3) is 0.545. The zero-order valence-corrected chi connectivity index (χ0v) is 18.1. The van der Waals surface area contributed by atoms with Gasteiger partial charge in [0.2, 0.25) is 11.8 Å². The van der Waals surface area contributed by atoms with Gasteiger partial charge in [-0.3, -0.25) is 14.4 Å². The van der Waals surface area contributed by atoms with Gasteiger partial charge in [-0.2, -0.15) is 4.99 Å². The van der Waals surface area contributed by atoms with Crippen molar-refractivity contribution >= 4 is 29.3 Å². The van der Waals surface area contributed by atoms with Crippen LogP contribution in [0.15, 0.2) is 29.3 Å². The first kappa shape index (κ1) is 22.7. The lowest BCUT2D eigenvalue weighted by atomic mass is 10.00. The van der Waals surface area contributed by atoms with Crippen LogP contribution in [0.25, 0.3) is 0 Å². The van der Waals surface area contributed by atoms with E-state index in [1.807, 2.05) is 24.3 Å². The molecule has 0 aliphatic carbocycles. The summed E-state index contributed by atoms with van der Waals surface area (Å²) in [5.74, 6) is -0.784. The molecule has 2 amide bonds. The predicted octanol–water partition coefficient (Wildman–Crippen LogP) is 0.565. The molecule has 1 aromatic rings. The Hall–Kier alpha value is -2.94. The van der Waals surface area contributed by atoms with Crippen LogP contribution in [0.2, 0.25) is 0 Å². The van der Waals surface area contributed by atoms with Crippen LogP contribution in [0.4, 0.5) is 5.69 Å². The van der Waals surface area contributed by atoms with Crippen LogP contribution in [0.3, 0.4) is 0 Å². The molecule has 2 fully saturated rings. The van der Waals surface area contributed by atoms with Gasteiger partial charge in [0.05, 0.1) is 19.4 Å². The van der Waals surface area contributed by atoms with Gasteiger partial charge < -0.3 is 26.0 Å². The molecule has 2 atom stereocenters. The molecule has 1 aromatic carbocycles. The number of amidine groups is 1. The van der Waals surface area contributed by atoms with Crippen molar-refractivity contribution in [2.24, 2.45) is 16.6 Å². The first-order chi connectivity index (χ1) is 14.9. The quantitative estimate of drug-likeness (QED) is 0.328. The third kappa shape index (κ3) is 6.27. The van der Waals surface area contributed by atoms with Gasteiger partial charge in [0, 0.05) is 49.9 Å². The second kappa shape index (κ2) is 10.4. The Bertz CT molecular complexity index is 831. The van der Waals surface area contributed by atoms with Crippen LogP contribution in [-0.4, -0.2) is 62.4 Å². The van der Waals surface area contributed by atoms with Crippen LogP contribution < -0.4 is 21.3 Å². The number of piperidine rings is 1. The van der Waals surface area contributed by atoms with E-state index in [1.165, 1.54) is 14.0 Å². The van der Waals surface area contributed by atoms with E-state index in [9.17, 15) is 14.4 Å². The number of esters is 1. The summed E-state index contributed by atoms with van der Waals surface area (Å²) in [6.45, 7) is 3.93. The Morgan fingerprint density at radius 1 is 1.26 bits per heavy atom. The Morgan fingerprint density at radius 2 is 1.94 bits per heavy atom. The van der Waals surface area contributed by atoms with E-state index in [1.54, 1.807) is 0 Å². The number of nitrogens with one attached hydrogen (secondary N) is 2. The van der Waals surface area contributed by atoms with Crippen molar-refractivity contribution in [3.8, 4) is 0 Å². The van der Waals surface area contributed by atoms with E-state index in [4.69, 9.17) is 5.73 Å². The summed E-state index contributed by atoms with van der Waals surface area (Å²) in [5.41, 5.74) is 7.69. The molecule has 2 aliphatic heterocycles. The van der Waals surface area contributed by atoms with Gasteiger partial charge in [-0.1, -0.05) is 0 Å². The van der Waals surface area contributed by atoms with Crippen molar-refractivity contribution in [1.82, 2.24) is 10.6 Å². The average Bonchev–Trinajstić information content (AvgIpc) is 3.11. The normalized spacial score (nSPS) is 22.3. The van der Waals surface area contributed by atoms with E-state index in [0.717, 1.165) is 37.2 Å².